The Balaban J connectivity index is 2.12. The number of benzene rings is 2. The van der Waals surface area contributed by atoms with Gasteiger partial charge in [0.05, 0.1) is 24.8 Å². The van der Waals surface area contributed by atoms with Crippen molar-refractivity contribution >= 4 is 17.4 Å². The van der Waals surface area contributed by atoms with Crippen LogP contribution >= 0.6 is 0 Å². The molecule has 1 heterocycles. The molecule has 0 spiro atoms. The number of aliphatic hydroxyl groups excluding tert-OH is 1. The van der Waals surface area contributed by atoms with E-state index < -0.39 is 17.7 Å². The van der Waals surface area contributed by atoms with Gasteiger partial charge >= 0.3 is 0 Å². The second kappa shape index (κ2) is 10.6. The number of methoxy groups -OCH3 is 1. The normalized spacial score (nSPS) is 17.5. The van der Waals surface area contributed by atoms with E-state index in [0.717, 1.165) is 24.8 Å². The van der Waals surface area contributed by atoms with E-state index in [2.05, 4.69) is 6.92 Å². The molecule has 0 bridgehead atoms. The minimum atomic E-state index is -0.819. The van der Waals surface area contributed by atoms with Gasteiger partial charge in [-0.1, -0.05) is 25.8 Å². The van der Waals surface area contributed by atoms with Gasteiger partial charge in [-0.25, -0.2) is 0 Å². The first-order valence-electron chi connectivity index (χ1n) is 11.6. The number of nitrogens with zero attached hydrogens (tertiary/aromatic N) is 1. The van der Waals surface area contributed by atoms with Gasteiger partial charge in [0.1, 0.15) is 11.5 Å². The third-order valence-corrected chi connectivity index (χ3v) is 5.87. The first kappa shape index (κ1) is 25.1. The molecule has 1 unspecified atom stereocenters. The smallest absolute Gasteiger partial charge is 0.295 e. The van der Waals surface area contributed by atoms with Crippen molar-refractivity contribution in [3.05, 3.63) is 58.7 Å². The summed E-state index contributed by atoms with van der Waals surface area (Å²) >= 11 is 0. The molecule has 1 aliphatic heterocycles. The predicted molar refractivity (Wildman–Crippen MR) is 130 cm³/mol. The highest BCUT2D eigenvalue weighted by molar-refractivity contribution is 6.46. The Morgan fingerprint density at radius 3 is 2.38 bits per heavy atom. The van der Waals surface area contributed by atoms with Gasteiger partial charge in [0.2, 0.25) is 0 Å². The minimum absolute atomic E-state index is 0.00277. The number of phenolic OH excluding ortho intramolecular Hbond substituents is 1. The van der Waals surface area contributed by atoms with E-state index in [1.165, 1.54) is 18.1 Å². The molecule has 1 fully saturated rings. The van der Waals surface area contributed by atoms with Gasteiger partial charge < -0.3 is 24.6 Å². The number of aliphatic hydroxyl groups is 1. The summed E-state index contributed by atoms with van der Waals surface area (Å²) in [7, 11) is 1.44. The SMILES string of the molecule is CCCCCN1C(=O)C(=O)/C(=C(\O)c2ccc(OC(C)C)c(C)c2)C1c1ccc(OC)c(O)c1. The monoisotopic (exact) mass is 467 g/mol. The summed E-state index contributed by atoms with van der Waals surface area (Å²) in [5, 5.41) is 21.6. The van der Waals surface area contributed by atoms with Crippen molar-refractivity contribution < 1.29 is 29.3 Å². The average molecular weight is 468 g/mol. The molecule has 1 amide bonds. The van der Waals surface area contributed by atoms with Crippen molar-refractivity contribution in [1.29, 1.82) is 0 Å². The van der Waals surface area contributed by atoms with Crippen molar-refractivity contribution in [3.8, 4) is 17.2 Å². The van der Waals surface area contributed by atoms with Crippen LogP contribution in [0.25, 0.3) is 5.76 Å². The molecule has 0 aromatic heterocycles. The molecule has 7 nitrogen and oxygen atoms in total. The van der Waals surface area contributed by atoms with Crippen molar-refractivity contribution in [2.45, 2.75) is 59.1 Å². The quantitative estimate of drug-likeness (QED) is 0.230. The van der Waals surface area contributed by atoms with Crippen LogP contribution in [0.3, 0.4) is 0 Å². The number of carbonyl (C=O) groups is 2. The van der Waals surface area contributed by atoms with E-state index in [0.29, 0.717) is 23.4 Å². The summed E-state index contributed by atoms with van der Waals surface area (Å²) < 4.78 is 10.9. The second-order valence-corrected chi connectivity index (χ2v) is 8.78. The molecule has 1 aliphatic rings. The molecule has 1 saturated heterocycles. The maximum absolute atomic E-state index is 13.1. The molecule has 2 N–H and O–H groups in total. The highest BCUT2D eigenvalue weighted by Gasteiger charge is 2.46. The molecule has 2 aromatic rings. The molecule has 2 aromatic carbocycles. The van der Waals surface area contributed by atoms with Gasteiger partial charge in [-0.05, 0) is 68.7 Å². The van der Waals surface area contributed by atoms with E-state index in [-0.39, 0.29) is 28.9 Å². The van der Waals surface area contributed by atoms with Crippen molar-refractivity contribution in [3.63, 3.8) is 0 Å². The number of hydrogen-bond acceptors (Lipinski definition) is 6. The molecular formula is C27H33NO6. The Labute approximate surface area is 200 Å². The van der Waals surface area contributed by atoms with Crippen molar-refractivity contribution in [2.75, 3.05) is 13.7 Å². The molecule has 1 atom stereocenters. The fourth-order valence-corrected chi connectivity index (χ4v) is 4.20. The third-order valence-electron chi connectivity index (χ3n) is 5.87. The van der Waals surface area contributed by atoms with Crippen LogP contribution in [0.15, 0.2) is 42.0 Å². The first-order valence-corrected chi connectivity index (χ1v) is 11.6. The Hall–Kier alpha value is -3.48. The zero-order chi connectivity index (χ0) is 25.0. The van der Waals surface area contributed by atoms with Gasteiger partial charge in [-0.15, -0.1) is 0 Å². The number of likely N-dealkylation sites (tertiary alicyclic amines) is 1. The molecule has 0 saturated carbocycles. The number of phenols is 1. The summed E-state index contributed by atoms with van der Waals surface area (Å²) in [6.07, 6.45) is 2.58. The Morgan fingerprint density at radius 1 is 1.09 bits per heavy atom. The lowest BCUT2D eigenvalue weighted by molar-refractivity contribution is -0.139. The molecule has 0 radical (unpaired) electrons. The zero-order valence-corrected chi connectivity index (χ0v) is 20.4. The first-order chi connectivity index (χ1) is 16.2. The van der Waals surface area contributed by atoms with E-state index in [9.17, 15) is 19.8 Å². The lowest BCUT2D eigenvalue weighted by Gasteiger charge is -2.25. The molecule has 182 valence electrons. The Morgan fingerprint density at radius 2 is 1.79 bits per heavy atom. The maximum Gasteiger partial charge on any atom is 0.295 e. The topological polar surface area (TPSA) is 96.3 Å². The van der Waals surface area contributed by atoms with Crippen molar-refractivity contribution in [1.82, 2.24) is 4.90 Å². The standard InChI is InChI=1S/C27H33NO6/c1-6-7-8-13-28-24(18-9-12-22(33-5)20(29)15-18)23(26(31)27(28)32)25(30)19-10-11-21(17(4)14-19)34-16(2)3/h9-12,14-16,24,29-30H,6-8,13H2,1-5H3/b25-23-. The minimum Gasteiger partial charge on any atom is -0.507 e. The molecule has 7 heteroatoms. The van der Waals surface area contributed by atoms with E-state index in [4.69, 9.17) is 9.47 Å². The van der Waals surface area contributed by atoms with Gasteiger partial charge in [-0.3, -0.25) is 9.59 Å². The number of ketones is 1. The van der Waals surface area contributed by atoms with Crippen LogP contribution in [0.2, 0.25) is 0 Å². The Bertz CT molecular complexity index is 1100. The zero-order valence-electron chi connectivity index (χ0n) is 20.4. The summed E-state index contributed by atoms with van der Waals surface area (Å²) in [6, 6.07) is 9.09. The number of amides is 1. The van der Waals surface area contributed by atoms with Gasteiger partial charge in [0.25, 0.3) is 11.7 Å². The second-order valence-electron chi connectivity index (χ2n) is 8.78. The number of aromatic hydroxyl groups is 1. The number of aryl methyl sites for hydroxylation is 1. The number of ether oxygens (including phenoxy) is 2. The number of Topliss-reactive ketones (excluding diaryl/α,β-unsaturated/α-hetero) is 1. The number of hydrogen-bond donors (Lipinski definition) is 2. The Kier molecular flexibility index (Phi) is 7.87. The van der Waals surface area contributed by atoms with Crippen LogP contribution in [-0.4, -0.2) is 46.6 Å². The lowest BCUT2D eigenvalue weighted by atomic mass is 9.94. The fraction of sp³-hybridized carbons (Fsp3) is 0.407. The van der Waals surface area contributed by atoms with Gasteiger partial charge in [-0.2, -0.15) is 0 Å². The van der Waals surface area contributed by atoms with Crippen LogP contribution in [0.1, 0.15) is 62.8 Å². The summed E-state index contributed by atoms with van der Waals surface area (Å²) in [5.74, 6) is -0.795. The van der Waals surface area contributed by atoms with E-state index in [1.807, 2.05) is 20.8 Å². The molecule has 34 heavy (non-hydrogen) atoms. The van der Waals surface area contributed by atoms with Gasteiger partial charge in [0, 0.05) is 12.1 Å². The largest absolute Gasteiger partial charge is 0.507 e. The maximum atomic E-state index is 13.1. The van der Waals surface area contributed by atoms with Crippen LogP contribution in [0.4, 0.5) is 0 Å². The molecule has 0 aliphatic carbocycles. The highest BCUT2D eigenvalue weighted by Crippen LogP contribution is 2.42. The highest BCUT2D eigenvalue weighted by atomic mass is 16.5. The van der Waals surface area contributed by atoms with Crippen LogP contribution < -0.4 is 9.47 Å². The summed E-state index contributed by atoms with van der Waals surface area (Å²) in [5.41, 5.74) is 1.74. The predicted octanol–water partition coefficient (Wildman–Crippen LogP) is 5.11. The number of carbonyl (C=O) groups excluding carboxylic acids is 2. The number of unbranched alkanes of at least 4 members (excludes halogenated alkanes) is 2. The molecule has 3 rings (SSSR count). The van der Waals surface area contributed by atoms with Gasteiger partial charge in [0.15, 0.2) is 11.5 Å². The van der Waals surface area contributed by atoms with Crippen LogP contribution in [0, 0.1) is 6.92 Å². The summed E-state index contributed by atoms with van der Waals surface area (Å²) in [4.78, 5) is 27.6. The van der Waals surface area contributed by atoms with E-state index >= 15 is 0 Å². The van der Waals surface area contributed by atoms with E-state index in [1.54, 1.807) is 30.3 Å². The third kappa shape index (κ3) is 5.03. The van der Waals surface area contributed by atoms with Crippen LogP contribution in [-0.2, 0) is 9.59 Å². The lowest BCUT2D eigenvalue weighted by Crippen LogP contribution is -2.30. The summed E-state index contributed by atoms with van der Waals surface area (Å²) in [6.45, 7) is 8.14. The molecular weight excluding hydrogens is 434 g/mol. The fourth-order valence-electron chi connectivity index (χ4n) is 4.20. The van der Waals surface area contributed by atoms with Crippen molar-refractivity contribution in [2.24, 2.45) is 0 Å². The number of rotatable bonds is 9. The average Bonchev–Trinajstić information content (AvgIpc) is 3.04. The van der Waals surface area contributed by atoms with Crippen LogP contribution in [0.5, 0.6) is 17.2 Å².